The maximum Gasteiger partial charge on any atom is 0.222 e. The Morgan fingerprint density at radius 1 is 1.30 bits per heavy atom. The van der Waals surface area contributed by atoms with Crippen LogP contribution in [0.15, 0.2) is 48.5 Å². The van der Waals surface area contributed by atoms with Crippen LogP contribution in [-0.4, -0.2) is 38.8 Å². The second kappa shape index (κ2) is 9.62. The molecule has 0 saturated heterocycles. The Hall–Kier alpha value is -2.24. The Kier molecular flexibility index (Phi) is 6.96. The van der Waals surface area contributed by atoms with Gasteiger partial charge in [0.05, 0.1) is 18.2 Å². The van der Waals surface area contributed by atoms with Gasteiger partial charge in [-0.1, -0.05) is 41.9 Å². The molecule has 1 amide bonds. The number of hydrogen-bond acceptors (Lipinski definition) is 4. The smallest absolute Gasteiger partial charge is 0.222 e. The lowest BCUT2D eigenvalue weighted by atomic mass is 10.1. The van der Waals surface area contributed by atoms with Gasteiger partial charge < -0.3 is 19.7 Å². The fourth-order valence-electron chi connectivity index (χ4n) is 3.20. The predicted molar refractivity (Wildman–Crippen MR) is 107 cm³/mol. The van der Waals surface area contributed by atoms with Crippen LogP contribution in [0.3, 0.4) is 0 Å². The molecule has 1 N–H and O–H groups in total. The molecule has 0 aliphatic carbocycles. The first-order chi connectivity index (χ1) is 13.2. The first-order valence-corrected chi connectivity index (χ1v) is 9.53. The van der Waals surface area contributed by atoms with Crippen molar-refractivity contribution in [3.63, 3.8) is 0 Å². The van der Waals surface area contributed by atoms with Crippen LogP contribution in [0.5, 0.6) is 5.75 Å². The number of nitrogens with one attached hydrogen (secondary N) is 1. The summed E-state index contributed by atoms with van der Waals surface area (Å²) in [4.78, 5) is 14.6. The standard InChI is InChI=1S/C21H25ClN2O3/c1-26-11-5-10-23-21(25)13-18-15-27-20-9-8-17(22)12-19(20)24(18)14-16-6-3-2-4-7-16/h2-4,6-9,12,18H,5,10-11,13-15H2,1H3,(H,23,25). The Morgan fingerprint density at radius 3 is 2.89 bits per heavy atom. The number of fused-ring (bicyclic) bond motifs is 1. The largest absolute Gasteiger partial charge is 0.489 e. The van der Waals surface area contributed by atoms with E-state index in [1.54, 1.807) is 7.11 Å². The summed E-state index contributed by atoms with van der Waals surface area (Å²) in [5.41, 5.74) is 2.10. The van der Waals surface area contributed by atoms with Crippen molar-refractivity contribution < 1.29 is 14.3 Å². The molecule has 0 saturated carbocycles. The summed E-state index contributed by atoms with van der Waals surface area (Å²) in [6, 6.07) is 15.8. The van der Waals surface area contributed by atoms with Crippen molar-refractivity contribution in [2.24, 2.45) is 0 Å². The van der Waals surface area contributed by atoms with Crippen molar-refractivity contribution in [2.75, 3.05) is 31.8 Å². The lowest BCUT2D eigenvalue weighted by Gasteiger charge is -2.38. The molecule has 0 aromatic heterocycles. The minimum Gasteiger partial charge on any atom is -0.489 e. The van der Waals surface area contributed by atoms with Crippen molar-refractivity contribution in [3.05, 3.63) is 59.1 Å². The molecule has 3 rings (SSSR count). The number of carbonyl (C=O) groups excluding carboxylic acids is 1. The SMILES string of the molecule is COCCCNC(=O)CC1COc2ccc(Cl)cc2N1Cc1ccccc1. The maximum atomic E-state index is 12.4. The van der Waals surface area contributed by atoms with Gasteiger partial charge in [0.1, 0.15) is 12.4 Å². The molecule has 1 aliphatic heterocycles. The van der Waals surface area contributed by atoms with Crippen molar-refractivity contribution in [1.29, 1.82) is 0 Å². The molecule has 27 heavy (non-hydrogen) atoms. The van der Waals surface area contributed by atoms with E-state index >= 15 is 0 Å². The summed E-state index contributed by atoms with van der Waals surface area (Å²) in [7, 11) is 1.66. The van der Waals surface area contributed by atoms with Gasteiger partial charge in [0.2, 0.25) is 5.91 Å². The number of nitrogens with zero attached hydrogens (tertiary/aromatic N) is 1. The molecule has 0 radical (unpaired) electrons. The van der Waals surface area contributed by atoms with Crippen molar-refractivity contribution >= 4 is 23.2 Å². The van der Waals surface area contributed by atoms with Gasteiger partial charge in [0.15, 0.2) is 0 Å². The van der Waals surface area contributed by atoms with Crippen molar-refractivity contribution in [3.8, 4) is 5.75 Å². The molecule has 2 aromatic carbocycles. The zero-order chi connectivity index (χ0) is 19.1. The second-order valence-corrected chi connectivity index (χ2v) is 7.03. The van der Waals surface area contributed by atoms with E-state index < -0.39 is 0 Å². The number of amides is 1. The predicted octanol–water partition coefficient (Wildman–Crippen LogP) is 3.65. The summed E-state index contributed by atoms with van der Waals surface area (Å²) in [6.07, 6.45) is 1.17. The number of methoxy groups -OCH3 is 1. The average Bonchev–Trinajstić information content (AvgIpc) is 2.68. The molecule has 1 unspecified atom stereocenters. The quantitative estimate of drug-likeness (QED) is 0.701. The summed E-state index contributed by atoms with van der Waals surface area (Å²) in [5, 5.41) is 3.61. The van der Waals surface area contributed by atoms with E-state index in [9.17, 15) is 4.79 Å². The second-order valence-electron chi connectivity index (χ2n) is 6.59. The molecule has 0 bridgehead atoms. The number of ether oxygens (including phenoxy) is 2. The molecule has 6 heteroatoms. The number of halogens is 1. The molecule has 2 aromatic rings. The third-order valence-corrected chi connectivity index (χ3v) is 4.80. The Bertz CT molecular complexity index is 754. The first kappa shape index (κ1) is 19.5. The third-order valence-electron chi connectivity index (χ3n) is 4.57. The Balaban J connectivity index is 1.74. The number of hydrogen-bond donors (Lipinski definition) is 1. The van der Waals surface area contributed by atoms with Crippen LogP contribution in [-0.2, 0) is 16.1 Å². The molecule has 0 spiro atoms. The molecule has 0 fully saturated rings. The van der Waals surface area contributed by atoms with Gasteiger partial charge in [-0.15, -0.1) is 0 Å². The Labute approximate surface area is 165 Å². The minimum absolute atomic E-state index is 0.0169. The molecule has 1 aliphatic rings. The van der Waals surface area contributed by atoms with E-state index in [0.29, 0.717) is 37.7 Å². The van der Waals surface area contributed by atoms with Crippen LogP contribution in [0.1, 0.15) is 18.4 Å². The van der Waals surface area contributed by atoms with Gasteiger partial charge in [-0.25, -0.2) is 0 Å². The van der Waals surface area contributed by atoms with Gasteiger partial charge >= 0.3 is 0 Å². The summed E-state index contributed by atoms with van der Waals surface area (Å²) in [6.45, 7) is 2.41. The molecule has 144 valence electrons. The van der Waals surface area contributed by atoms with E-state index in [1.165, 1.54) is 5.56 Å². The van der Waals surface area contributed by atoms with E-state index in [0.717, 1.165) is 17.9 Å². The topological polar surface area (TPSA) is 50.8 Å². The molecule has 5 nitrogen and oxygen atoms in total. The summed E-state index contributed by atoms with van der Waals surface area (Å²) < 4.78 is 10.9. The normalized spacial score (nSPS) is 15.8. The van der Waals surface area contributed by atoms with Gasteiger partial charge in [-0.05, 0) is 30.2 Å². The molecular weight excluding hydrogens is 364 g/mol. The van der Waals surface area contributed by atoms with Crippen molar-refractivity contribution in [1.82, 2.24) is 5.32 Å². The highest BCUT2D eigenvalue weighted by Crippen LogP contribution is 2.37. The van der Waals surface area contributed by atoms with E-state index in [-0.39, 0.29) is 11.9 Å². The number of anilines is 1. The lowest BCUT2D eigenvalue weighted by Crippen LogP contribution is -2.45. The van der Waals surface area contributed by atoms with Crippen molar-refractivity contribution in [2.45, 2.75) is 25.4 Å². The van der Waals surface area contributed by atoms with Crippen LogP contribution < -0.4 is 15.0 Å². The fraction of sp³-hybridized carbons (Fsp3) is 0.381. The monoisotopic (exact) mass is 388 g/mol. The third kappa shape index (κ3) is 5.37. The minimum atomic E-state index is -0.0569. The van der Waals surface area contributed by atoms with Gasteiger partial charge in [0, 0.05) is 31.8 Å². The molecule has 1 atom stereocenters. The van der Waals surface area contributed by atoms with E-state index in [2.05, 4.69) is 22.3 Å². The van der Waals surface area contributed by atoms with Gasteiger partial charge in [0.25, 0.3) is 0 Å². The van der Waals surface area contributed by atoms with E-state index in [4.69, 9.17) is 21.1 Å². The first-order valence-electron chi connectivity index (χ1n) is 9.16. The highest BCUT2D eigenvalue weighted by Gasteiger charge is 2.29. The van der Waals surface area contributed by atoms with Crippen LogP contribution in [0.2, 0.25) is 5.02 Å². The van der Waals surface area contributed by atoms with Crippen LogP contribution in [0.25, 0.3) is 0 Å². The van der Waals surface area contributed by atoms with Gasteiger partial charge in [-0.2, -0.15) is 0 Å². The number of benzene rings is 2. The zero-order valence-electron chi connectivity index (χ0n) is 15.5. The maximum absolute atomic E-state index is 12.4. The molecule has 1 heterocycles. The Morgan fingerprint density at radius 2 is 2.11 bits per heavy atom. The summed E-state index contributed by atoms with van der Waals surface area (Å²) in [5.74, 6) is 0.815. The zero-order valence-corrected chi connectivity index (χ0v) is 16.2. The summed E-state index contributed by atoms with van der Waals surface area (Å²) >= 11 is 6.22. The fourth-order valence-corrected chi connectivity index (χ4v) is 3.37. The highest BCUT2D eigenvalue weighted by molar-refractivity contribution is 6.31. The van der Waals surface area contributed by atoms with Crippen LogP contribution in [0.4, 0.5) is 5.69 Å². The lowest BCUT2D eigenvalue weighted by molar-refractivity contribution is -0.121. The van der Waals surface area contributed by atoms with E-state index in [1.807, 2.05) is 36.4 Å². The van der Waals surface area contributed by atoms with Crippen LogP contribution >= 0.6 is 11.6 Å². The highest BCUT2D eigenvalue weighted by atomic mass is 35.5. The molecular formula is C21H25ClN2O3. The average molecular weight is 389 g/mol. The van der Waals surface area contributed by atoms with Gasteiger partial charge in [-0.3, -0.25) is 4.79 Å². The number of carbonyl (C=O) groups is 1. The van der Waals surface area contributed by atoms with Crippen LogP contribution in [0, 0.1) is 0 Å². The number of rotatable bonds is 8.